The molecular formula is C12H12Br2N4OS. The minimum absolute atomic E-state index is 0.293. The Morgan fingerprint density at radius 2 is 2.25 bits per heavy atom. The Kier molecular flexibility index (Phi) is 5.11. The van der Waals surface area contributed by atoms with Gasteiger partial charge >= 0.3 is 0 Å². The van der Waals surface area contributed by atoms with Crippen molar-refractivity contribution in [3.63, 3.8) is 0 Å². The van der Waals surface area contributed by atoms with Crippen LogP contribution in [0.1, 0.15) is 28.7 Å². The molecule has 0 aromatic carbocycles. The van der Waals surface area contributed by atoms with Gasteiger partial charge in [-0.15, -0.1) is 11.3 Å². The molecule has 0 aliphatic carbocycles. The number of aromatic nitrogens is 2. The molecule has 1 N–H and O–H groups in total. The fourth-order valence-electron chi connectivity index (χ4n) is 1.62. The van der Waals surface area contributed by atoms with E-state index in [1.807, 2.05) is 19.1 Å². The van der Waals surface area contributed by atoms with Crippen molar-refractivity contribution in [1.82, 2.24) is 15.2 Å². The van der Waals surface area contributed by atoms with Crippen molar-refractivity contribution in [2.45, 2.75) is 13.3 Å². The molecule has 0 fully saturated rings. The van der Waals surface area contributed by atoms with Crippen LogP contribution in [0.15, 0.2) is 31.7 Å². The van der Waals surface area contributed by atoms with Gasteiger partial charge in [-0.3, -0.25) is 9.48 Å². The van der Waals surface area contributed by atoms with Gasteiger partial charge in [0.05, 0.1) is 25.0 Å². The summed E-state index contributed by atoms with van der Waals surface area (Å²) in [4.78, 5) is 13.1. The van der Waals surface area contributed by atoms with Crippen LogP contribution in [-0.4, -0.2) is 21.4 Å². The third-order valence-corrected chi connectivity index (χ3v) is 4.85. The lowest BCUT2D eigenvalue weighted by Crippen LogP contribution is -2.22. The second-order valence-corrected chi connectivity index (χ2v) is 7.24. The molecule has 0 aliphatic rings. The van der Waals surface area contributed by atoms with Gasteiger partial charge in [-0.1, -0.05) is 6.92 Å². The highest BCUT2D eigenvalue weighted by molar-refractivity contribution is 9.11. The Hall–Kier alpha value is -0.990. The van der Waals surface area contributed by atoms with Crippen molar-refractivity contribution in [2.75, 3.05) is 0 Å². The number of hydrogen-bond donors (Lipinski definition) is 1. The minimum atomic E-state index is -0.293. The van der Waals surface area contributed by atoms with Crippen LogP contribution in [0, 0.1) is 0 Å². The maximum atomic E-state index is 12.1. The molecule has 0 radical (unpaired) electrons. The molecule has 0 aliphatic heterocycles. The zero-order valence-corrected chi connectivity index (χ0v) is 14.8. The summed E-state index contributed by atoms with van der Waals surface area (Å²) in [6.07, 6.45) is 2.32. The molecular weight excluding hydrogens is 408 g/mol. The summed E-state index contributed by atoms with van der Waals surface area (Å²) < 4.78 is 3.18. The van der Waals surface area contributed by atoms with E-state index in [1.165, 1.54) is 4.68 Å². The third kappa shape index (κ3) is 3.36. The minimum Gasteiger partial charge on any atom is -0.266 e. The highest BCUT2D eigenvalue weighted by atomic mass is 79.9. The molecule has 1 amide bonds. The summed E-state index contributed by atoms with van der Waals surface area (Å²) in [7, 11) is 1.71. The molecule has 5 nitrogen and oxygen atoms in total. The Morgan fingerprint density at radius 1 is 1.50 bits per heavy atom. The topological polar surface area (TPSA) is 59.3 Å². The predicted molar refractivity (Wildman–Crippen MR) is 87.2 cm³/mol. The number of amides is 1. The van der Waals surface area contributed by atoms with Gasteiger partial charge in [0, 0.05) is 7.05 Å². The molecule has 2 heterocycles. The first-order chi connectivity index (χ1) is 9.52. The highest BCUT2D eigenvalue weighted by Crippen LogP contribution is 2.23. The molecule has 0 unspecified atom stereocenters. The zero-order valence-electron chi connectivity index (χ0n) is 10.9. The van der Waals surface area contributed by atoms with Crippen LogP contribution in [-0.2, 0) is 7.05 Å². The van der Waals surface area contributed by atoms with Crippen LogP contribution in [0.3, 0.4) is 0 Å². The standard InChI is InChI=1S/C12H12Br2N4OS/c1-3-8(9-4-5-10(14)20-9)16-17-12(19)11-7(13)6-15-18(11)2/h4-6H,3H2,1-2H3,(H,17,19)/b16-8-. The van der Waals surface area contributed by atoms with Crippen LogP contribution in [0.25, 0.3) is 0 Å². The number of nitrogens with one attached hydrogen (secondary N) is 1. The number of rotatable bonds is 4. The second kappa shape index (κ2) is 6.64. The van der Waals surface area contributed by atoms with E-state index in [1.54, 1.807) is 24.6 Å². The zero-order chi connectivity index (χ0) is 14.7. The predicted octanol–water partition coefficient (Wildman–Crippen LogP) is 3.55. The summed E-state index contributed by atoms with van der Waals surface area (Å²) in [5, 5.41) is 8.21. The number of halogens is 2. The quantitative estimate of drug-likeness (QED) is 0.608. The number of hydrogen-bond acceptors (Lipinski definition) is 4. The molecule has 0 atom stereocenters. The Labute approximate surface area is 137 Å². The lowest BCUT2D eigenvalue weighted by Gasteiger charge is -2.04. The van der Waals surface area contributed by atoms with Gasteiger partial charge in [0.1, 0.15) is 5.69 Å². The number of nitrogens with zero attached hydrogens (tertiary/aromatic N) is 3. The molecule has 2 rings (SSSR count). The maximum absolute atomic E-state index is 12.1. The Balaban J connectivity index is 2.17. The molecule has 2 aromatic rings. The number of aryl methyl sites for hydroxylation is 1. The first-order valence-electron chi connectivity index (χ1n) is 5.83. The van der Waals surface area contributed by atoms with Crippen LogP contribution in [0.2, 0.25) is 0 Å². The van der Waals surface area contributed by atoms with E-state index in [2.05, 4.69) is 47.5 Å². The second-order valence-electron chi connectivity index (χ2n) is 3.92. The van der Waals surface area contributed by atoms with E-state index in [9.17, 15) is 4.79 Å². The number of carbonyl (C=O) groups excluding carboxylic acids is 1. The van der Waals surface area contributed by atoms with Gasteiger partial charge < -0.3 is 0 Å². The largest absolute Gasteiger partial charge is 0.290 e. The van der Waals surface area contributed by atoms with Crippen LogP contribution < -0.4 is 5.43 Å². The molecule has 0 bridgehead atoms. The van der Waals surface area contributed by atoms with E-state index < -0.39 is 0 Å². The van der Waals surface area contributed by atoms with Crippen LogP contribution in [0.4, 0.5) is 0 Å². The molecule has 106 valence electrons. The average Bonchev–Trinajstić information content (AvgIpc) is 2.97. The molecule has 0 spiro atoms. The Morgan fingerprint density at radius 3 is 2.75 bits per heavy atom. The molecule has 8 heteroatoms. The van der Waals surface area contributed by atoms with E-state index in [4.69, 9.17) is 0 Å². The number of carbonyl (C=O) groups is 1. The summed E-state index contributed by atoms with van der Waals surface area (Å²) >= 11 is 8.30. The summed E-state index contributed by atoms with van der Waals surface area (Å²) in [5.41, 5.74) is 3.86. The molecule has 0 saturated heterocycles. The van der Waals surface area contributed by atoms with Gasteiger partial charge in [-0.25, -0.2) is 5.43 Å². The number of thiophene rings is 1. The summed E-state index contributed by atoms with van der Waals surface area (Å²) in [6.45, 7) is 2.00. The van der Waals surface area contributed by atoms with Crippen LogP contribution in [0.5, 0.6) is 0 Å². The van der Waals surface area contributed by atoms with Crippen molar-refractivity contribution < 1.29 is 4.79 Å². The Bertz CT molecular complexity index is 643. The van der Waals surface area contributed by atoms with Crippen LogP contribution >= 0.6 is 43.2 Å². The van der Waals surface area contributed by atoms with E-state index in [-0.39, 0.29) is 5.91 Å². The van der Waals surface area contributed by atoms with Crippen molar-refractivity contribution in [1.29, 1.82) is 0 Å². The van der Waals surface area contributed by atoms with Gasteiger partial charge in [0.2, 0.25) is 0 Å². The third-order valence-electron chi connectivity index (χ3n) is 2.59. The van der Waals surface area contributed by atoms with Crippen molar-refractivity contribution in [2.24, 2.45) is 12.1 Å². The first-order valence-corrected chi connectivity index (χ1v) is 8.23. The SMILES string of the molecule is CC/C(=N/NC(=O)c1c(Br)cnn1C)c1ccc(Br)s1. The highest BCUT2D eigenvalue weighted by Gasteiger charge is 2.15. The fraction of sp³-hybridized carbons (Fsp3) is 0.250. The fourth-order valence-corrected chi connectivity index (χ4v) is 3.59. The van der Waals surface area contributed by atoms with Gasteiger partial charge in [0.25, 0.3) is 5.91 Å². The normalized spacial score (nSPS) is 11.7. The smallest absolute Gasteiger partial charge is 0.266 e. The number of hydrazone groups is 1. The lowest BCUT2D eigenvalue weighted by atomic mass is 10.2. The summed E-state index contributed by atoms with van der Waals surface area (Å²) in [6, 6.07) is 3.94. The van der Waals surface area contributed by atoms with E-state index >= 15 is 0 Å². The maximum Gasteiger partial charge on any atom is 0.290 e. The molecule has 20 heavy (non-hydrogen) atoms. The van der Waals surface area contributed by atoms with Crippen molar-refractivity contribution >= 4 is 54.8 Å². The van der Waals surface area contributed by atoms with Gasteiger partial charge in [-0.05, 0) is 50.4 Å². The van der Waals surface area contributed by atoms with Gasteiger partial charge in [0.15, 0.2) is 0 Å². The lowest BCUT2D eigenvalue weighted by molar-refractivity contribution is 0.0944. The molecule has 2 aromatic heterocycles. The van der Waals surface area contributed by atoms with E-state index in [0.29, 0.717) is 10.2 Å². The van der Waals surface area contributed by atoms with E-state index in [0.717, 1.165) is 20.8 Å². The first kappa shape index (κ1) is 15.4. The molecule has 0 saturated carbocycles. The summed E-state index contributed by atoms with van der Waals surface area (Å²) in [5.74, 6) is -0.293. The van der Waals surface area contributed by atoms with Crippen molar-refractivity contribution in [3.05, 3.63) is 37.2 Å². The van der Waals surface area contributed by atoms with Gasteiger partial charge in [-0.2, -0.15) is 10.2 Å². The average molecular weight is 420 g/mol. The monoisotopic (exact) mass is 418 g/mol. The van der Waals surface area contributed by atoms with Crippen molar-refractivity contribution in [3.8, 4) is 0 Å².